The zero-order valence-corrected chi connectivity index (χ0v) is 9.44. The predicted octanol–water partition coefficient (Wildman–Crippen LogP) is 1.51. The summed E-state index contributed by atoms with van der Waals surface area (Å²) < 4.78 is 0. The first-order valence-electron chi connectivity index (χ1n) is 5.30. The molecule has 0 amide bonds. The molecule has 1 saturated heterocycles. The molecular formula is C10H17N3S. The van der Waals surface area contributed by atoms with E-state index in [0.29, 0.717) is 0 Å². The smallest absolute Gasteiger partial charge is 0.185 e. The maximum Gasteiger partial charge on any atom is 0.185 e. The van der Waals surface area contributed by atoms with Gasteiger partial charge in [0.2, 0.25) is 0 Å². The molecule has 1 aromatic heterocycles. The summed E-state index contributed by atoms with van der Waals surface area (Å²) in [5.41, 5.74) is 1.22. The van der Waals surface area contributed by atoms with Gasteiger partial charge in [-0.15, -0.1) is 11.3 Å². The third-order valence-electron chi connectivity index (χ3n) is 2.51. The molecule has 0 unspecified atom stereocenters. The average Bonchev–Trinajstić information content (AvgIpc) is 2.53. The second-order valence-corrected chi connectivity index (χ2v) is 4.40. The van der Waals surface area contributed by atoms with Crippen molar-refractivity contribution in [1.29, 1.82) is 0 Å². The molecule has 14 heavy (non-hydrogen) atoms. The van der Waals surface area contributed by atoms with Gasteiger partial charge in [-0.2, -0.15) is 0 Å². The highest BCUT2D eigenvalue weighted by Crippen LogP contribution is 2.21. The summed E-state index contributed by atoms with van der Waals surface area (Å²) in [6, 6.07) is 0. The van der Waals surface area contributed by atoms with Gasteiger partial charge in [0, 0.05) is 25.0 Å². The van der Waals surface area contributed by atoms with Gasteiger partial charge in [0.25, 0.3) is 0 Å². The van der Waals surface area contributed by atoms with Crippen LogP contribution in [0.5, 0.6) is 0 Å². The maximum absolute atomic E-state index is 4.61. The summed E-state index contributed by atoms with van der Waals surface area (Å²) in [5, 5.41) is 6.78. The first kappa shape index (κ1) is 9.93. The molecule has 78 valence electrons. The van der Waals surface area contributed by atoms with Crippen molar-refractivity contribution < 1.29 is 0 Å². The third-order valence-corrected chi connectivity index (χ3v) is 3.46. The van der Waals surface area contributed by atoms with Crippen LogP contribution in [0.15, 0.2) is 5.38 Å². The number of aromatic nitrogens is 1. The van der Waals surface area contributed by atoms with Crippen LogP contribution in [0.2, 0.25) is 0 Å². The third kappa shape index (κ3) is 2.25. The van der Waals surface area contributed by atoms with Crippen LogP contribution >= 0.6 is 11.3 Å². The first-order valence-corrected chi connectivity index (χ1v) is 6.18. The van der Waals surface area contributed by atoms with Gasteiger partial charge < -0.3 is 10.2 Å². The molecule has 1 aliphatic rings. The summed E-state index contributed by atoms with van der Waals surface area (Å²) in [4.78, 5) is 7.00. The fourth-order valence-corrected chi connectivity index (χ4v) is 2.60. The minimum atomic E-state index is 1.04. The van der Waals surface area contributed by atoms with Gasteiger partial charge >= 0.3 is 0 Å². The van der Waals surface area contributed by atoms with Gasteiger partial charge in [-0.25, -0.2) is 4.98 Å². The van der Waals surface area contributed by atoms with E-state index < -0.39 is 0 Å². The number of anilines is 1. The van der Waals surface area contributed by atoms with Crippen LogP contribution < -0.4 is 10.2 Å². The standard InChI is InChI=1S/C10H17N3S/c1-2-9-8-14-10(12-9)13-6-3-4-11-5-7-13/h8,11H,2-7H2,1H3. The highest BCUT2D eigenvalue weighted by atomic mass is 32.1. The van der Waals surface area contributed by atoms with Crippen LogP contribution in [0.3, 0.4) is 0 Å². The molecule has 0 saturated carbocycles. The van der Waals surface area contributed by atoms with Crippen molar-refractivity contribution in [3.8, 4) is 0 Å². The molecule has 0 bridgehead atoms. The number of thiazole rings is 1. The van der Waals surface area contributed by atoms with Crippen molar-refractivity contribution >= 4 is 16.5 Å². The summed E-state index contributed by atoms with van der Waals surface area (Å²) in [5.74, 6) is 0. The Kier molecular flexibility index (Phi) is 3.37. The Hall–Kier alpha value is -0.610. The zero-order chi connectivity index (χ0) is 9.80. The SMILES string of the molecule is CCc1csc(N2CCCNCC2)n1. The van der Waals surface area contributed by atoms with Crippen LogP contribution in [0.4, 0.5) is 5.13 Å². The number of hydrogen-bond donors (Lipinski definition) is 1. The molecule has 2 rings (SSSR count). The van der Waals surface area contributed by atoms with Crippen molar-refractivity contribution in [2.45, 2.75) is 19.8 Å². The number of nitrogens with one attached hydrogen (secondary N) is 1. The average molecular weight is 211 g/mol. The molecule has 1 aromatic rings. The van der Waals surface area contributed by atoms with Gasteiger partial charge in [0.05, 0.1) is 5.69 Å². The fourth-order valence-electron chi connectivity index (χ4n) is 1.64. The van der Waals surface area contributed by atoms with E-state index in [2.05, 4.69) is 27.5 Å². The Morgan fingerprint density at radius 3 is 3.21 bits per heavy atom. The molecule has 1 N–H and O–H groups in total. The lowest BCUT2D eigenvalue weighted by Crippen LogP contribution is -2.27. The topological polar surface area (TPSA) is 28.2 Å². The van der Waals surface area contributed by atoms with Gasteiger partial charge in [0.15, 0.2) is 5.13 Å². The number of rotatable bonds is 2. The Morgan fingerprint density at radius 1 is 1.50 bits per heavy atom. The zero-order valence-electron chi connectivity index (χ0n) is 8.62. The first-order chi connectivity index (χ1) is 6.90. The Bertz CT molecular complexity index is 277. The number of hydrogen-bond acceptors (Lipinski definition) is 4. The van der Waals surface area contributed by atoms with Crippen molar-refractivity contribution in [2.75, 3.05) is 31.1 Å². The lowest BCUT2D eigenvalue weighted by molar-refractivity contribution is 0.724. The van der Waals surface area contributed by atoms with Crippen molar-refractivity contribution in [2.24, 2.45) is 0 Å². The molecule has 0 spiro atoms. The fraction of sp³-hybridized carbons (Fsp3) is 0.700. The normalized spacial score (nSPS) is 18.2. The minimum Gasteiger partial charge on any atom is -0.347 e. The van der Waals surface area contributed by atoms with Crippen LogP contribution in [0.1, 0.15) is 19.0 Å². The molecule has 4 heteroatoms. The molecule has 0 aliphatic carbocycles. The quantitative estimate of drug-likeness (QED) is 0.803. The number of aryl methyl sites for hydroxylation is 1. The van der Waals surface area contributed by atoms with Gasteiger partial charge in [0.1, 0.15) is 0 Å². The highest BCUT2D eigenvalue weighted by molar-refractivity contribution is 7.13. The van der Waals surface area contributed by atoms with Crippen LogP contribution in [-0.2, 0) is 6.42 Å². The van der Waals surface area contributed by atoms with Crippen molar-refractivity contribution in [3.63, 3.8) is 0 Å². The minimum absolute atomic E-state index is 1.04. The summed E-state index contributed by atoms with van der Waals surface area (Å²) >= 11 is 1.78. The summed E-state index contributed by atoms with van der Waals surface area (Å²) in [6.07, 6.45) is 2.27. The van der Waals surface area contributed by atoms with Crippen LogP contribution in [0.25, 0.3) is 0 Å². The van der Waals surface area contributed by atoms with Crippen molar-refractivity contribution in [1.82, 2.24) is 10.3 Å². The van der Waals surface area contributed by atoms with E-state index in [0.717, 1.165) is 32.6 Å². The summed E-state index contributed by atoms with van der Waals surface area (Å²) in [7, 11) is 0. The highest BCUT2D eigenvalue weighted by Gasteiger charge is 2.12. The monoisotopic (exact) mass is 211 g/mol. The van der Waals surface area contributed by atoms with Gasteiger partial charge in [-0.05, 0) is 19.4 Å². The van der Waals surface area contributed by atoms with Gasteiger partial charge in [-0.3, -0.25) is 0 Å². The van der Waals surface area contributed by atoms with Crippen LogP contribution in [0, 0.1) is 0 Å². The van der Waals surface area contributed by atoms with Crippen molar-refractivity contribution in [3.05, 3.63) is 11.1 Å². The Balaban J connectivity index is 2.04. The van der Waals surface area contributed by atoms with Crippen LogP contribution in [-0.4, -0.2) is 31.2 Å². The van der Waals surface area contributed by atoms with E-state index in [1.165, 1.54) is 17.2 Å². The largest absolute Gasteiger partial charge is 0.347 e. The van der Waals surface area contributed by atoms with E-state index >= 15 is 0 Å². The molecule has 1 fully saturated rings. The Labute approximate surface area is 89.1 Å². The lowest BCUT2D eigenvalue weighted by Gasteiger charge is -2.18. The maximum atomic E-state index is 4.61. The number of nitrogens with zero attached hydrogens (tertiary/aromatic N) is 2. The molecule has 0 atom stereocenters. The molecule has 0 radical (unpaired) electrons. The lowest BCUT2D eigenvalue weighted by atomic mass is 10.4. The molecule has 0 aromatic carbocycles. The Morgan fingerprint density at radius 2 is 2.43 bits per heavy atom. The van der Waals surface area contributed by atoms with Gasteiger partial charge in [-0.1, -0.05) is 6.92 Å². The van der Waals surface area contributed by atoms with E-state index in [4.69, 9.17) is 0 Å². The van der Waals surface area contributed by atoms with E-state index in [1.807, 2.05) is 0 Å². The van der Waals surface area contributed by atoms with E-state index in [1.54, 1.807) is 11.3 Å². The molecule has 2 heterocycles. The van der Waals surface area contributed by atoms with E-state index in [9.17, 15) is 0 Å². The molecule has 1 aliphatic heterocycles. The molecular weight excluding hydrogens is 194 g/mol. The summed E-state index contributed by atoms with van der Waals surface area (Å²) in [6.45, 7) is 6.62. The second-order valence-electron chi connectivity index (χ2n) is 3.57. The van der Waals surface area contributed by atoms with E-state index in [-0.39, 0.29) is 0 Å². The molecule has 3 nitrogen and oxygen atoms in total. The predicted molar refractivity (Wildman–Crippen MR) is 61.2 cm³/mol. The second kappa shape index (κ2) is 4.75.